The molecule has 0 atom stereocenters. The first kappa shape index (κ1) is 16.2. The summed E-state index contributed by atoms with van der Waals surface area (Å²) in [5.41, 5.74) is 6.19. The average Bonchev–Trinajstić information content (AvgIpc) is 3.01. The fourth-order valence-electron chi connectivity index (χ4n) is 1.77. The molecule has 6 heteroatoms. The minimum absolute atomic E-state index is 0.185. The molecule has 0 bridgehead atoms. The number of thiophene rings is 1. The number of carbonyl (C=O) groups is 2. The Bertz CT molecular complexity index is 666. The molecule has 2 amide bonds. The minimum Gasteiger partial charge on any atom is -0.346 e. The average molecular weight is 317 g/mol. The summed E-state index contributed by atoms with van der Waals surface area (Å²) in [4.78, 5) is 24.8. The van der Waals surface area contributed by atoms with Crippen LogP contribution in [0.1, 0.15) is 33.9 Å². The van der Waals surface area contributed by atoms with Gasteiger partial charge in [-0.1, -0.05) is 12.1 Å². The molecule has 1 heterocycles. The molecule has 4 N–H and O–H groups in total. The van der Waals surface area contributed by atoms with Crippen molar-refractivity contribution in [1.29, 1.82) is 0 Å². The summed E-state index contributed by atoms with van der Waals surface area (Å²) < 4.78 is 0. The van der Waals surface area contributed by atoms with Crippen LogP contribution in [0.2, 0.25) is 0 Å². The van der Waals surface area contributed by atoms with Crippen molar-refractivity contribution in [3.05, 3.63) is 52.2 Å². The maximum Gasteiger partial charge on any atom is 0.265 e. The number of rotatable bonds is 5. The third kappa shape index (κ3) is 4.16. The van der Waals surface area contributed by atoms with E-state index < -0.39 is 5.54 Å². The normalized spacial score (nSPS) is 11.0. The zero-order valence-corrected chi connectivity index (χ0v) is 13.4. The largest absolute Gasteiger partial charge is 0.346 e. The van der Waals surface area contributed by atoms with Gasteiger partial charge in [0.1, 0.15) is 0 Å². The molecule has 5 nitrogen and oxygen atoms in total. The summed E-state index contributed by atoms with van der Waals surface area (Å²) in [6.07, 6.45) is 0. The molecule has 1 aromatic carbocycles. The van der Waals surface area contributed by atoms with Crippen LogP contribution in [0.4, 0.5) is 5.69 Å². The first-order chi connectivity index (χ1) is 10.4. The predicted octanol–water partition coefficient (Wildman–Crippen LogP) is 2.47. The molecule has 0 fully saturated rings. The van der Waals surface area contributed by atoms with Crippen molar-refractivity contribution in [2.75, 3.05) is 11.9 Å². The fourth-order valence-corrected chi connectivity index (χ4v) is 2.39. The molecule has 22 heavy (non-hydrogen) atoms. The van der Waals surface area contributed by atoms with Gasteiger partial charge in [0.15, 0.2) is 0 Å². The van der Waals surface area contributed by atoms with E-state index in [1.165, 1.54) is 11.3 Å². The van der Waals surface area contributed by atoms with Crippen LogP contribution in [0.3, 0.4) is 0 Å². The van der Waals surface area contributed by atoms with Crippen molar-refractivity contribution in [1.82, 2.24) is 5.32 Å². The van der Waals surface area contributed by atoms with Gasteiger partial charge in [-0.3, -0.25) is 9.59 Å². The highest BCUT2D eigenvalue weighted by atomic mass is 32.1. The van der Waals surface area contributed by atoms with Crippen LogP contribution in [0.25, 0.3) is 0 Å². The molecule has 0 radical (unpaired) electrons. The van der Waals surface area contributed by atoms with Gasteiger partial charge in [-0.05, 0) is 43.5 Å². The van der Waals surface area contributed by atoms with Crippen LogP contribution in [0.5, 0.6) is 0 Å². The molecule has 0 aliphatic heterocycles. The molecular formula is C16H19N3O2S. The van der Waals surface area contributed by atoms with E-state index >= 15 is 0 Å². The van der Waals surface area contributed by atoms with E-state index in [1.807, 2.05) is 25.3 Å². The molecule has 1 aromatic heterocycles. The zero-order valence-electron chi connectivity index (χ0n) is 12.6. The van der Waals surface area contributed by atoms with E-state index in [9.17, 15) is 9.59 Å². The lowest BCUT2D eigenvalue weighted by molar-refractivity contribution is 0.0914. The van der Waals surface area contributed by atoms with Crippen LogP contribution < -0.4 is 16.4 Å². The quantitative estimate of drug-likeness (QED) is 0.792. The number of anilines is 1. The summed E-state index contributed by atoms with van der Waals surface area (Å²) in [5.74, 6) is -0.405. The first-order valence-electron chi connectivity index (χ1n) is 6.89. The number of hydrogen-bond acceptors (Lipinski definition) is 4. The summed E-state index contributed by atoms with van der Waals surface area (Å²) in [5, 5.41) is 7.48. The Hall–Kier alpha value is -2.18. The molecule has 0 saturated heterocycles. The number of amides is 2. The summed E-state index contributed by atoms with van der Waals surface area (Å²) in [6, 6.07) is 10.4. The topological polar surface area (TPSA) is 84.2 Å². The molecule has 0 spiro atoms. The molecule has 0 unspecified atom stereocenters. The van der Waals surface area contributed by atoms with Crippen LogP contribution in [-0.4, -0.2) is 23.9 Å². The highest BCUT2D eigenvalue weighted by Gasteiger charge is 2.19. The molecule has 116 valence electrons. The van der Waals surface area contributed by atoms with E-state index in [1.54, 1.807) is 30.3 Å². The van der Waals surface area contributed by atoms with Crippen molar-refractivity contribution in [2.24, 2.45) is 5.73 Å². The molecule has 0 saturated carbocycles. The van der Waals surface area contributed by atoms with E-state index in [-0.39, 0.29) is 11.8 Å². The van der Waals surface area contributed by atoms with E-state index in [0.717, 1.165) is 0 Å². The molecule has 0 aliphatic carbocycles. The van der Waals surface area contributed by atoms with Gasteiger partial charge < -0.3 is 16.4 Å². The Balaban J connectivity index is 2.10. The van der Waals surface area contributed by atoms with Crippen molar-refractivity contribution >= 4 is 28.8 Å². The second kappa shape index (κ2) is 6.72. The molecule has 2 aromatic rings. The van der Waals surface area contributed by atoms with Crippen LogP contribution in [-0.2, 0) is 0 Å². The molecule has 2 rings (SSSR count). The third-order valence-electron chi connectivity index (χ3n) is 3.09. The van der Waals surface area contributed by atoms with Gasteiger partial charge in [0.25, 0.3) is 11.8 Å². The molecule has 0 aliphatic rings. The van der Waals surface area contributed by atoms with Gasteiger partial charge in [-0.2, -0.15) is 0 Å². The standard InChI is InChI=1S/C16H19N3O2S/c1-16(2,10-17)19-14(20)11-5-3-6-12(9-11)18-15(21)13-7-4-8-22-13/h3-9H,10,17H2,1-2H3,(H,18,21)(H,19,20). The Kier molecular flexibility index (Phi) is 4.95. The summed E-state index contributed by atoms with van der Waals surface area (Å²) >= 11 is 1.37. The fraction of sp³-hybridized carbons (Fsp3) is 0.250. The Morgan fingerprint density at radius 2 is 1.95 bits per heavy atom. The minimum atomic E-state index is -0.479. The van der Waals surface area contributed by atoms with Gasteiger partial charge >= 0.3 is 0 Å². The second-order valence-corrected chi connectivity index (χ2v) is 6.50. The SMILES string of the molecule is CC(C)(CN)NC(=O)c1cccc(NC(=O)c2cccs2)c1. The highest BCUT2D eigenvalue weighted by Crippen LogP contribution is 2.15. The van der Waals surface area contributed by atoms with E-state index in [2.05, 4.69) is 10.6 Å². The number of benzene rings is 1. The number of carbonyl (C=O) groups excluding carboxylic acids is 2. The number of nitrogens with one attached hydrogen (secondary N) is 2. The van der Waals surface area contributed by atoms with E-state index in [4.69, 9.17) is 5.73 Å². The van der Waals surface area contributed by atoms with Gasteiger partial charge in [0.05, 0.1) is 4.88 Å². The zero-order chi connectivity index (χ0) is 16.2. The highest BCUT2D eigenvalue weighted by molar-refractivity contribution is 7.12. The lowest BCUT2D eigenvalue weighted by atomic mass is 10.1. The monoisotopic (exact) mass is 317 g/mol. The summed E-state index contributed by atoms with van der Waals surface area (Å²) in [6.45, 7) is 4.05. The predicted molar refractivity (Wildman–Crippen MR) is 89.3 cm³/mol. The Labute approximate surface area is 133 Å². The number of hydrogen-bond donors (Lipinski definition) is 3. The van der Waals surface area contributed by atoms with Crippen molar-refractivity contribution in [3.63, 3.8) is 0 Å². The first-order valence-corrected chi connectivity index (χ1v) is 7.77. The van der Waals surface area contributed by atoms with Crippen LogP contribution in [0.15, 0.2) is 41.8 Å². The van der Waals surface area contributed by atoms with Crippen molar-refractivity contribution in [3.8, 4) is 0 Å². The third-order valence-corrected chi connectivity index (χ3v) is 3.96. The summed E-state index contributed by atoms with van der Waals surface area (Å²) in [7, 11) is 0. The maximum atomic E-state index is 12.2. The lowest BCUT2D eigenvalue weighted by Crippen LogP contribution is -2.48. The van der Waals surface area contributed by atoms with Gasteiger partial charge in [-0.15, -0.1) is 11.3 Å². The lowest BCUT2D eigenvalue weighted by Gasteiger charge is -2.24. The van der Waals surface area contributed by atoms with Crippen molar-refractivity contribution in [2.45, 2.75) is 19.4 Å². The molecular weight excluding hydrogens is 298 g/mol. The van der Waals surface area contributed by atoms with Gasteiger partial charge in [0, 0.05) is 23.3 Å². The smallest absolute Gasteiger partial charge is 0.265 e. The maximum absolute atomic E-state index is 12.2. The van der Waals surface area contributed by atoms with Gasteiger partial charge in [0.2, 0.25) is 0 Å². The number of nitrogens with two attached hydrogens (primary N) is 1. The van der Waals surface area contributed by atoms with E-state index in [0.29, 0.717) is 22.7 Å². The Morgan fingerprint density at radius 3 is 2.59 bits per heavy atom. The van der Waals surface area contributed by atoms with Crippen LogP contribution in [0, 0.1) is 0 Å². The van der Waals surface area contributed by atoms with Crippen LogP contribution >= 0.6 is 11.3 Å². The van der Waals surface area contributed by atoms with Crippen molar-refractivity contribution < 1.29 is 9.59 Å². The van der Waals surface area contributed by atoms with Gasteiger partial charge in [-0.25, -0.2) is 0 Å². The second-order valence-electron chi connectivity index (χ2n) is 5.55. The Morgan fingerprint density at radius 1 is 1.18 bits per heavy atom.